The Morgan fingerprint density at radius 2 is 1.77 bits per heavy atom. The SMILES string of the molecule is Cn1c(C(=O)Nc2nc3ccccc3nc2N2CCCC2)cc(Cl)c1Cl. The van der Waals surface area contributed by atoms with Gasteiger partial charge in [0.05, 0.1) is 16.1 Å². The summed E-state index contributed by atoms with van der Waals surface area (Å²) in [7, 11) is 1.69. The van der Waals surface area contributed by atoms with Crippen molar-refractivity contribution in [2.75, 3.05) is 23.3 Å². The zero-order valence-electron chi connectivity index (χ0n) is 14.2. The minimum atomic E-state index is -0.327. The lowest BCUT2D eigenvalue weighted by Gasteiger charge is -2.20. The third-order valence-electron chi connectivity index (χ3n) is 4.54. The molecule has 1 aliphatic rings. The van der Waals surface area contributed by atoms with E-state index in [-0.39, 0.29) is 5.91 Å². The number of benzene rings is 1. The third kappa shape index (κ3) is 2.99. The number of hydrogen-bond donors (Lipinski definition) is 1. The number of carbonyl (C=O) groups excluding carboxylic acids is 1. The Labute approximate surface area is 160 Å². The van der Waals surface area contributed by atoms with E-state index in [1.807, 2.05) is 24.3 Å². The van der Waals surface area contributed by atoms with E-state index in [4.69, 9.17) is 28.2 Å². The van der Waals surface area contributed by atoms with Crippen molar-refractivity contribution in [3.05, 3.63) is 46.2 Å². The molecule has 2 aromatic heterocycles. The summed E-state index contributed by atoms with van der Waals surface area (Å²) in [6.45, 7) is 1.80. The quantitative estimate of drug-likeness (QED) is 0.731. The van der Waals surface area contributed by atoms with E-state index in [0.717, 1.165) is 37.0 Å². The number of para-hydroxylation sites is 2. The summed E-state index contributed by atoms with van der Waals surface area (Å²) in [4.78, 5) is 24.3. The van der Waals surface area contributed by atoms with Gasteiger partial charge in [-0.3, -0.25) is 4.79 Å². The van der Waals surface area contributed by atoms with Gasteiger partial charge < -0.3 is 14.8 Å². The van der Waals surface area contributed by atoms with Crippen molar-refractivity contribution in [3.63, 3.8) is 0 Å². The fraction of sp³-hybridized carbons (Fsp3) is 0.278. The molecule has 8 heteroatoms. The molecule has 1 fully saturated rings. The van der Waals surface area contributed by atoms with Gasteiger partial charge >= 0.3 is 0 Å². The maximum absolute atomic E-state index is 12.8. The molecule has 1 amide bonds. The van der Waals surface area contributed by atoms with Gasteiger partial charge in [0.15, 0.2) is 11.6 Å². The standard InChI is InChI=1S/C18H17Cl2N5O/c1-24-14(10-11(19)15(24)20)18(26)23-16-17(25-8-4-5-9-25)22-13-7-3-2-6-12(13)21-16/h2-3,6-7,10H,4-5,8-9H2,1H3,(H,21,23,26). The van der Waals surface area contributed by atoms with Gasteiger partial charge in [-0.15, -0.1) is 0 Å². The van der Waals surface area contributed by atoms with Gasteiger partial charge in [0.25, 0.3) is 5.91 Å². The largest absolute Gasteiger partial charge is 0.354 e. The van der Waals surface area contributed by atoms with Crippen LogP contribution in [-0.4, -0.2) is 33.5 Å². The molecule has 3 heterocycles. The topological polar surface area (TPSA) is 63.1 Å². The monoisotopic (exact) mass is 389 g/mol. The zero-order valence-corrected chi connectivity index (χ0v) is 15.7. The van der Waals surface area contributed by atoms with Gasteiger partial charge in [-0.25, -0.2) is 9.97 Å². The Hall–Kier alpha value is -2.31. The zero-order chi connectivity index (χ0) is 18.3. The van der Waals surface area contributed by atoms with Crippen LogP contribution in [0, 0.1) is 0 Å². The summed E-state index contributed by atoms with van der Waals surface area (Å²) in [5.74, 6) is 0.816. The molecule has 3 aromatic rings. The lowest BCUT2D eigenvalue weighted by Crippen LogP contribution is -2.24. The van der Waals surface area contributed by atoms with Crippen molar-refractivity contribution in [3.8, 4) is 0 Å². The highest BCUT2D eigenvalue weighted by Gasteiger charge is 2.23. The molecule has 0 bridgehead atoms. The maximum atomic E-state index is 12.8. The summed E-state index contributed by atoms with van der Waals surface area (Å²) >= 11 is 12.1. The molecule has 1 N–H and O–H groups in total. The number of nitrogens with zero attached hydrogens (tertiary/aromatic N) is 4. The molecule has 6 nitrogen and oxygen atoms in total. The smallest absolute Gasteiger partial charge is 0.273 e. The van der Waals surface area contributed by atoms with E-state index < -0.39 is 0 Å². The molecule has 0 aliphatic carbocycles. The third-order valence-corrected chi connectivity index (χ3v) is 5.38. The first-order chi connectivity index (χ1) is 12.5. The van der Waals surface area contributed by atoms with Crippen LogP contribution in [0.2, 0.25) is 10.2 Å². The van der Waals surface area contributed by atoms with Crippen LogP contribution in [-0.2, 0) is 7.05 Å². The lowest BCUT2D eigenvalue weighted by atomic mass is 10.3. The van der Waals surface area contributed by atoms with Crippen molar-refractivity contribution < 1.29 is 4.79 Å². The van der Waals surface area contributed by atoms with Crippen molar-refractivity contribution >= 4 is 51.8 Å². The first-order valence-electron chi connectivity index (χ1n) is 8.38. The van der Waals surface area contributed by atoms with Crippen molar-refractivity contribution in [1.29, 1.82) is 0 Å². The van der Waals surface area contributed by atoms with Crippen LogP contribution in [0.1, 0.15) is 23.3 Å². The fourth-order valence-corrected chi connectivity index (χ4v) is 3.53. The summed E-state index contributed by atoms with van der Waals surface area (Å²) in [5.41, 5.74) is 1.90. The number of nitrogens with one attached hydrogen (secondary N) is 1. The number of amides is 1. The van der Waals surface area contributed by atoms with Crippen molar-refractivity contribution in [2.24, 2.45) is 7.05 Å². The van der Waals surface area contributed by atoms with Gasteiger partial charge in [-0.1, -0.05) is 35.3 Å². The van der Waals surface area contributed by atoms with Crippen LogP contribution in [0.4, 0.5) is 11.6 Å². The Morgan fingerprint density at radius 1 is 1.12 bits per heavy atom. The Kier molecular flexibility index (Phi) is 4.46. The molecule has 1 aromatic carbocycles. The predicted molar refractivity (Wildman–Crippen MR) is 104 cm³/mol. The van der Waals surface area contributed by atoms with Gasteiger partial charge in [-0.2, -0.15) is 0 Å². The molecule has 1 saturated heterocycles. The first-order valence-corrected chi connectivity index (χ1v) is 9.14. The number of fused-ring (bicyclic) bond motifs is 1. The lowest BCUT2D eigenvalue weighted by molar-refractivity contribution is 0.101. The highest BCUT2D eigenvalue weighted by molar-refractivity contribution is 6.42. The molecule has 0 atom stereocenters. The van der Waals surface area contributed by atoms with E-state index >= 15 is 0 Å². The van der Waals surface area contributed by atoms with Gasteiger partial charge in [0.1, 0.15) is 10.8 Å². The number of carbonyl (C=O) groups is 1. The van der Waals surface area contributed by atoms with Crippen LogP contribution < -0.4 is 10.2 Å². The van der Waals surface area contributed by atoms with Crippen molar-refractivity contribution in [1.82, 2.24) is 14.5 Å². The molecule has 1 aliphatic heterocycles. The number of rotatable bonds is 3. The molecule has 0 radical (unpaired) electrons. The van der Waals surface area contributed by atoms with Gasteiger partial charge in [0.2, 0.25) is 0 Å². The molecular formula is C18H17Cl2N5O. The Morgan fingerprint density at radius 3 is 2.38 bits per heavy atom. The molecule has 26 heavy (non-hydrogen) atoms. The second-order valence-corrected chi connectivity index (χ2v) is 7.03. The minimum absolute atomic E-state index is 0.321. The highest BCUT2D eigenvalue weighted by atomic mass is 35.5. The van der Waals surface area contributed by atoms with E-state index in [1.165, 1.54) is 0 Å². The molecule has 0 spiro atoms. The highest BCUT2D eigenvalue weighted by Crippen LogP contribution is 2.29. The predicted octanol–water partition coefficient (Wildman–Crippen LogP) is 4.13. The van der Waals surface area contributed by atoms with E-state index in [9.17, 15) is 4.79 Å². The molecule has 0 saturated carbocycles. The second kappa shape index (κ2) is 6.78. The van der Waals surface area contributed by atoms with Gasteiger partial charge in [-0.05, 0) is 31.0 Å². The second-order valence-electron chi connectivity index (χ2n) is 6.26. The average Bonchev–Trinajstić information content (AvgIpc) is 3.26. The van der Waals surface area contributed by atoms with Crippen molar-refractivity contribution in [2.45, 2.75) is 12.8 Å². The molecule has 4 rings (SSSR count). The Balaban J connectivity index is 1.75. The summed E-state index contributed by atoms with van der Waals surface area (Å²) < 4.78 is 1.54. The summed E-state index contributed by atoms with van der Waals surface area (Å²) in [5, 5.41) is 3.54. The fourth-order valence-electron chi connectivity index (χ4n) is 3.16. The van der Waals surface area contributed by atoms with Crippen LogP contribution in [0.25, 0.3) is 11.0 Å². The van der Waals surface area contributed by atoms with Gasteiger partial charge in [0, 0.05) is 20.1 Å². The average molecular weight is 390 g/mol. The van der Waals surface area contributed by atoms with Crippen LogP contribution in [0.5, 0.6) is 0 Å². The number of anilines is 2. The number of hydrogen-bond acceptors (Lipinski definition) is 4. The first kappa shape index (κ1) is 17.1. The minimum Gasteiger partial charge on any atom is -0.354 e. The molecule has 134 valence electrons. The van der Waals surface area contributed by atoms with E-state index in [2.05, 4.69) is 15.2 Å². The van der Waals surface area contributed by atoms with Crippen LogP contribution in [0.3, 0.4) is 0 Å². The maximum Gasteiger partial charge on any atom is 0.273 e. The summed E-state index contributed by atoms with van der Waals surface area (Å²) in [6.07, 6.45) is 2.20. The van der Waals surface area contributed by atoms with E-state index in [1.54, 1.807) is 17.7 Å². The molecular weight excluding hydrogens is 373 g/mol. The van der Waals surface area contributed by atoms with Crippen LogP contribution in [0.15, 0.2) is 30.3 Å². The number of aromatic nitrogens is 3. The molecule has 0 unspecified atom stereocenters. The number of halogens is 2. The normalized spacial score (nSPS) is 14.2. The summed E-state index contributed by atoms with van der Waals surface area (Å²) in [6, 6.07) is 9.17. The Bertz CT molecular complexity index is 995. The van der Waals surface area contributed by atoms with E-state index in [0.29, 0.717) is 27.5 Å². The van der Waals surface area contributed by atoms with Crippen LogP contribution >= 0.6 is 23.2 Å².